The minimum atomic E-state index is -0.363. The van der Waals surface area contributed by atoms with Gasteiger partial charge in [0.15, 0.2) is 0 Å². The number of amides is 1. The van der Waals surface area contributed by atoms with Crippen LogP contribution in [-0.4, -0.2) is 11.1 Å². The predicted molar refractivity (Wildman–Crippen MR) is 60.0 cm³/mol. The van der Waals surface area contributed by atoms with Crippen molar-refractivity contribution in [2.45, 2.75) is 6.92 Å². The summed E-state index contributed by atoms with van der Waals surface area (Å²) >= 11 is 0. The number of nitrogen functional groups attached to an aromatic ring is 1. The van der Waals surface area contributed by atoms with Gasteiger partial charge in [-0.3, -0.25) is 4.79 Å². The summed E-state index contributed by atoms with van der Waals surface area (Å²) in [4.78, 5) is 11.7. The Morgan fingerprint density at radius 1 is 1.44 bits per heavy atom. The van der Waals surface area contributed by atoms with Crippen LogP contribution in [-0.2, 0) is 0 Å². The molecule has 0 aliphatic rings. The Morgan fingerprint density at radius 2 is 2.19 bits per heavy atom. The number of aromatic nitrogens is 1. The monoisotopic (exact) mass is 217 g/mol. The fraction of sp³-hybridized carbons (Fsp3) is 0.0909. The van der Waals surface area contributed by atoms with E-state index in [0.29, 0.717) is 17.1 Å². The summed E-state index contributed by atoms with van der Waals surface area (Å²) in [5, 5.41) is 6.28. The SMILES string of the molecule is Cc1cc(C(=O)Nc2ccccc2N)on1. The minimum Gasteiger partial charge on any atom is -0.397 e. The lowest BCUT2D eigenvalue weighted by molar-refractivity contribution is 0.0988. The Labute approximate surface area is 92.2 Å². The molecule has 5 nitrogen and oxygen atoms in total. The van der Waals surface area contributed by atoms with E-state index >= 15 is 0 Å². The van der Waals surface area contributed by atoms with Crippen LogP contribution in [0.3, 0.4) is 0 Å². The normalized spacial score (nSPS) is 10.1. The maximum atomic E-state index is 11.7. The first-order valence-electron chi connectivity index (χ1n) is 4.76. The van der Waals surface area contributed by atoms with Crippen LogP contribution >= 0.6 is 0 Å². The van der Waals surface area contributed by atoms with E-state index in [4.69, 9.17) is 10.3 Å². The van der Waals surface area contributed by atoms with E-state index in [9.17, 15) is 4.79 Å². The molecule has 82 valence electrons. The standard InChI is InChI=1S/C11H11N3O2/c1-7-6-10(16-14-7)11(15)13-9-5-3-2-4-8(9)12/h2-6H,12H2,1H3,(H,13,15). The number of hydrogen-bond acceptors (Lipinski definition) is 4. The van der Waals surface area contributed by atoms with Gasteiger partial charge in [-0.05, 0) is 19.1 Å². The molecule has 2 aromatic rings. The summed E-state index contributed by atoms with van der Waals surface area (Å²) in [5.41, 5.74) is 7.41. The molecule has 0 radical (unpaired) electrons. The molecule has 1 amide bonds. The van der Waals surface area contributed by atoms with Crippen LogP contribution in [0.15, 0.2) is 34.9 Å². The van der Waals surface area contributed by atoms with Gasteiger partial charge in [-0.15, -0.1) is 0 Å². The second-order valence-electron chi connectivity index (χ2n) is 3.37. The van der Waals surface area contributed by atoms with Gasteiger partial charge in [0.05, 0.1) is 17.1 Å². The van der Waals surface area contributed by atoms with Crippen LogP contribution in [0.2, 0.25) is 0 Å². The molecule has 3 N–H and O–H groups in total. The van der Waals surface area contributed by atoms with Gasteiger partial charge in [-0.1, -0.05) is 17.3 Å². The number of benzene rings is 1. The number of carbonyl (C=O) groups is 1. The molecule has 5 heteroatoms. The molecule has 0 bridgehead atoms. The van der Waals surface area contributed by atoms with Crippen molar-refractivity contribution < 1.29 is 9.32 Å². The van der Waals surface area contributed by atoms with E-state index in [1.807, 2.05) is 0 Å². The zero-order valence-electron chi connectivity index (χ0n) is 8.73. The van der Waals surface area contributed by atoms with Crippen molar-refractivity contribution in [3.8, 4) is 0 Å². The molecule has 0 spiro atoms. The van der Waals surface area contributed by atoms with E-state index in [-0.39, 0.29) is 11.7 Å². The third kappa shape index (κ3) is 2.03. The van der Waals surface area contributed by atoms with Gasteiger partial charge in [0, 0.05) is 6.07 Å². The van der Waals surface area contributed by atoms with Crippen LogP contribution in [0, 0.1) is 6.92 Å². The number of para-hydroxylation sites is 2. The predicted octanol–water partition coefficient (Wildman–Crippen LogP) is 1.82. The Kier molecular flexibility index (Phi) is 2.59. The maximum absolute atomic E-state index is 11.7. The van der Waals surface area contributed by atoms with E-state index in [1.54, 1.807) is 37.3 Å². The number of anilines is 2. The molecule has 0 aliphatic carbocycles. The van der Waals surface area contributed by atoms with Gasteiger partial charge in [-0.2, -0.15) is 0 Å². The maximum Gasteiger partial charge on any atom is 0.294 e. The van der Waals surface area contributed by atoms with Gasteiger partial charge in [0.25, 0.3) is 5.91 Å². The van der Waals surface area contributed by atoms with Gasteiger partial charge < -0.3 is 15.6 Å². The van der Waals surface area contributed by atoms with Crippen molar-refractivity contribution in [2.75, 3.05) is 11.1 Å². The van der Waals surface area contributed by atoms with Gasteiger partial charge in [0.2, 0.25) is 5.76 Å². The highest BCUT2D eigenvalue weighted by atomic mass is 16.5. The summed E-state index contributed by atoms with van der Waals surface area (Å²) in [7, 11) is 0. The lowest BCUT2D eigenvalue weighted by atomic mass is 10.2. The quantitative estimate of drug-likeness (QED) is 0.752. The smallest absolute Gasteiger partial charge is 0.294 e. The second kappa shape index (κ2) is 4.06. The number of nitrogens with zero attached hydrogens (tertiary/aromatic N) is 1. The van der Waals surface area contributed by atoms with Gasteiger partial charge in [-0.25, -0.2) is 0 Å². The van der Waals surface area contributed by atoms with Crippen molar-refractivity contribution in [3.63, 3.8) is 0 Å². The fourth-order valence-corrected chi connectivity index (χ4v) is 1.27. The molecule has 1 heterocycles. The van der Waals surface area contributed by atoms with Crippen molar-refractivity contribution >= 4 is 17.3 Å². The summed E-state index contributed by atoms with van der Waals surface area (Å²) in [6.07, 6.45) is 0. The molecule has 0 aliphatic heterocycles. The van der Waals surface area contributed by atoms with Crippen LogP contribution in [0.25, 0.3) is 0 Å². The van der Waals surface area contributed by atoms with Gasteiger partial charge >= 0.3 is 0 Å². The van der Waals surface area contributed by atoms with Crippen molar-refractivity contribution in [3.05, 3.63) is 41.8 Å². The summed E-state index contributed by atoms with van der Waals surface area (Å²) in [6, 6.07) is 8.58. The van der Waals surface area contributed by atoms with Crippen LogP contribution in [0.5, 0.6) is 0 Å². The third-order valence-corrected chi connectivity index (χ3v) is 2.06. The number of hydrogen-bond donors (Lipinski definition) is 2. The molecule has 0 unspecified atom stereocenters. The van der Waals surface area contributed by atoms with E-state index < -0.39 is 0 Å². The number of carbonyl (C=O) groups excluding carboxylic acids is 1. The van der Waals surface area contributed by atoms with Crippen molar-refractivity contribution in [1.29, 1.82) is 0 Å². The fourth-order valence-electron chi connectivity index (χ4n) is 1.27. The third-order valence-electron chi connectivity index (χ3n) is 2.06. The molecule has 0 atom stereocenters. The summed E-state index contributed by atoms with van der Waals surface area (Å²) in [6.45, 7) is 1.75. The molecule has 0 saturated heterocycles. The lowest BCUT2D eigenvalue weighted by Crippen LogP contribution is -2.12. The zero-order chi connectivity index (χ0) is 11.5. The average Bonchev–Trinajstić information content (AvgIpc) is 2.68. The first-order chi connectivity index (χ1) is 7.66. The highest BCUT2D eigenvalue weighted by Gasteiger charge is 2.12. The van der Waals surface area contributed by atoms with Gasteiger partial charge in [0.1, 0.15) is 0 Å². The second-order valence-corrected chi connectivity index (χ2v) is 3.37. The number of nitrogens with one attached hydrogen (secondary N) is 1. The summed E-state index contributed by atoms with van der Waals surface area (Å²) < 4.78 is 4.84. The highest BCUT2D eigenvalue weighted by Crippen LogP contribution is 2.17. The van der Waals surface area contributed by atoms with Crippen LogP contribution in [0.4, 0.5) is 11.4 Å². The number of nitrogens with two attached hydrogens (primary N) is 1. The van der Waals surface area contributed by atoms with Crippen molar-refractivity contribution in [1.82, 2.24) is 5.16 Å². The molecule has 1 aromatic heterocycles. The number of aryl methyl sites for hydroxylation is 1. The summed E-state index contributed by atoms with van der Waals surface area (Å²) in [5.74, 6) is -0.195. The lowest BCUT2D eigenvalue weighted by Gasteiger charge is -2.05. The topological polar surface area (TPSA) is 81.2 Å². The van der Waals surface area contributed by atoms with Crippen molar-refractivity contribution in [2.24, 2.45) is 0 Å². The first-order valence-corrected chi connectivity index (χ1v) is 4.76. The van der Waals surface area contributed by atoms with E-state index in [2.05, 4.69) is 10.5 Å². The Morgan fingerprint density at radius 3 is 2.81 bits per heavy atom. The molecule has 16 heavy (non-hydrogen) atoms. The molecule has 0 fully saturated rings. The average molecular weight is 217 g/mol. The molecule has 1 aromatic carbocycles. The highest BCUT2D eigenvalue weighted by molar-refractivity contribution is 6.03. The first kappa shape index (κ1) is 10.2. The van der Waals surface area contributed by atoms with Crippen LogP contribution < -0.4 is 11.1 Å². The molecule has 0 saturated carbocycles. The zero-order valence-corrected chi connectivity index (χ0v) is 8.73. The molecular weight excluding hydrogens is 206 g/mol. The van der Waals surface area contributed by atoms with E-state index in [0.717, 1.165) is 0 Å². The largest absolute Gasteiger partial charge is 0.397 e. The molecule has 2 rings (SSSR count). The Balaban J connectivity index is 2.17. The Hall–Kier alpha value is -2.30. The number of rotatable bonds is 2. The Bertz CT molecular complexity index is 519. The minimum absolute atomic E-state index is 0.167. The van der Waals surface area contributed by atoms with Crippen LogP contribution in [0.1, 0.15) is 16.2 Å². The molecular formula is C11H11N3O2. The van der Waals surface area contributed by atoms with E-state index in [1.165, 1.54) is 0 Å².